The molecule has 0 saturated heterocycles. The summed E-state index contributed by atoms with van der Waals surface area (Å²) >= 11 is 0. The van der Waals surface area contributed by atoms with Gasteiger partial charge in [-0.3, -0.25) is 0 Å². The van der Waals surface area contributed by atoms with E-state index >= 15 is 0 Å². The Morgan fingerprint density at radius 2 is 2.00 bits per heavy atom. The first-order valence-corrected chi connectivity index (χ1v) is 4.18. The summed E-state index contributed by atoms with van der Waals surface area (Å²) < 4.78 is 0. The van der Waals surface area contributed by atoms with Crippen molar-refractivity contribution in [2.24, 2.45) is 5.11 Å². The summed E-state index contributed by atoms with van der Waals surface area (Å²) in [5.74, 6) is 0. The molecular weight excluding hydrogens is 164 g/mol. The van der Waals surface area contributed by atoms with Gasteiger partial charge in [0.2, 0.25) is 0 Å². The topological polar surface area (TPSA) is 74.8 Å². The molecule has 4 heteroatoms. The summed E-state index contributed by atoms with van der Waals surface area (Å²) in [6, 6.07) is 7.74. The first kappa shape index (κ1) is 9.42. The standard InChI is InChI=1S/C9H12N4/c10-9-5-3-8(4-6-9)2-1-7-12-13-11/h3-6H,1-2,7,10H2. The number of hydrogen-bond donors (Lipinski definition) is 1. The first-order chi connectivity index (χ1) is 6.33. The molecule has 1 aromatic carbocycles. The number of nitrogens with zero attached hydrogens (tertiary/aromatic N) is 3. The van der Waals surface area contributed by atoms with E-state index in [2.05, 4.69) is 10.0 Å². The van der Waals surface area contributed by atoms with Crippen LogP contribution in [0.5, 0.6) is 0 Å². The largest absolute Gasteiger partial charge is 0.399 e. The molecule has 1 aromatic rings. The van der Waals surface area contributed by atoms with Gasteiger partial charge in [0.1, 0.15) is 0 Å². The van der Waals surface area contributed by atoms with E-state index in [0.717, 1.165) is 18.5 Å². The van der Waals surface area contributed by atoms with Crippen LogP contribution in [0.3, 0.4) is 0 Å². The highest BCUT2D eigenvalue weighted by Crippen LogP contribution is 2.07. The van der Waals surface area contributed by atoms with Crippen molar-refractivity contribution in [2.75, 3.05) is 12.3 Å². The molecule has 0 aliphatic rings. The van der Waals surface area contributed by atoms with Crippen LogP contribution in [0.2, 0.25) is 0 Å². The van der Waals surface area contributed by atoms with Crippen LogP contribution in [-0.2, 0) is 6.42 Å². The Hall–Kier alpha value is -1.67. The SMILES string of the molecule is [N-]=[N+]=NCCCc1ccc(N)cc1. The normalized spacial score (nSPS) is 9.23. The molecule has 0 aromatic heterocycles. The second-order valence-corrected chi connectivity index (χ2v) is 2.80. The minimum Gasteiger partial charge on any atom is -0.399 e. The molecule has 0 aliphatic heterocycles. The lowest BCUT2D eigenvalue weighted by molar-refractivity contribution is 0.827. The van der Waals surface area contributed by atoms with Gasteiger partial charge in [-0.2, -0.15) is 0 Å². The van der Waals surface area contributed by atoms with Gasteiger partial charge < -0.3 is 5.73 Å². The zero-order valence-electron chi connectivity index (χ0n) is 7.35. The van der Waals surface area contributed by atoms with Gasteiger partial charge in [-0.15, -0.1) is 0 Å². The smallest absolute Gasteiger partial charge is 0.0314 e. The Labute approximate surface area is 77.0 Å². The minimum atomic E-state index is 0.556. The third-order valence-corrected chi connectivity index (χ3v) is 1.77. The molecule has 68 valence electrons. The lowest BCUT2D eigenvalue weighted by Crippen LogP contribution is -1.89. The molecule has 4 nitrogen and oxygen atoms in total. The van der Waals surface area contributed by atoms with E-state index in [1.807, 2.05) is 24.3 Å². The fraction of sp³-hybridized carbons (Fsp3) is 0.333. The van der Waals surface area contributed by atoms with Crippen molar-refractivity contribution in [3.8, 4) is 0 Å². The number of rotatable bonds is 4. The first-order valence-electron chi connectivity index (χ1n) is 4.18. The van der Waals surface area contributed by atoms with Gasteiger partial charge in [-0.05, 0) is 36.1 Å². The predicted octanol–water partition coefficient (Wildman–Crippen LogP) is 2.51. The Kier molecular flexibility index (Phi) is 3.67. The molecule has 0 amide bonds. The summed E-state index contributed by atoms with van der Waals surface area (Å²) in [6.45, 7) is 0.556. The van der Waals surface area contributed by atoms with E-state index in [9.17, 15) is 0 Å². The van der Waals surface area contributed by atoms with Gasteiger partial charge in [-0.1, -0.05) is 17.2 Å². The van der Waals surface area contributed by atoms with Gasteiger partial charge in [0.25, 0.3) is 0 Å². The summed E-state index contributed by atoms with van der Waals surface area (Å²) in [6.07, 6.45) is 1.81. The quantitative estimate of drug-likeness (QED) is 0.247. The van der Waals surface area contributed by atoms with Crippen molar-refractivity contribution in [2.45, 2.75) is 12.8 Å². The van der Waals surface area contributed by atoms with Gasteiger partial charge in [0.15, 0.2) is 0 Å². The van der Waals surface area contributed by atoms with Gasteiger partial charge in [-0.25, -0.2) is 0 Å². The van der Waals surface area contributed by atoms with E-state index in [1.54, 1.807) is 0 Å². The van der Waals surface area contributed by atoms with Crippen LogP contribution >= 0.6 is 0 Å². The van der Waals surface area contributed by atoms with E-state index in [-0.39, 0.29) is 0 Å². The van der Waals surface area contributed by atoms with Gasteiger partial charge in [0.05, 0.1) is 0 Å². The number of anilines is 1. The maximum Gasteiger partial charge on any atom is 0.0314 e. The number of nitrogens with two attached hydrogens (primary N) is 1. The number of nitrogen functional groups attached to an aromatic ring is 1. The average molecular weight is 176 g/mol. The number of hydrogen-bond acceptors (Lipinski definition) is 2. The summed E-state index contributed by atoms with van der Waals surface area (Å²) in [7, 11) is 0. The zero-order chi connectivity index (χ0) is 9.52. The molecule has 0 saturated carbocycles. The molecule has 1 rings (SSSR count). The van der Waals surface area contributed by atoms with Gasteiger partial charge in [0, 0.05) is 17.1 Å². The fourth-order valence-corrected chi connectivity index (χ4v) is 1.08. The lowest BCUT2D eigenvalue weighted by Gasteiger charge is -1.99. The van der Waals surface area contributed by atoms with Crippen molar-refractivity contribution in [1.82, 2.24) is 0 Å². The molecule has 0 bridgehead atoms. The highest BCUT2D eigenvalue weighted by molar-refractivity contribution is 5.39. The Balaban J connectivity index is 2.37. The van der Waals surface area contributed by atoms with Crippen molar-refractivity contribution >= 4 is 5.69 Å². The number of aryl methyl sites for hydroxylation is 1. The molecular formula is C9H12N4. The molecule has 0 heterocycles. The van der Waals surface area contributed by atoms with Crippen LogP contribution in [0.15, 0.2) is 29.4 Å². The van der Waals surface area contributed by atoms with Crippen LogP contribution in [0.4, 0.5) is 5.69 Å². The summed E-state index contributed by atoms with van der Waals surface area (Å²) in [4.78, 5) is 2.69. The Bertz CT molecular complexity index is 298. The van der Waals surface area contributed by atoms with E-state index in [1.165, 1.54) is 5.56 Å². The monoisotopic (exact) mass is 176 g/mol. The second-order valence-electron chi connectivity index (χ2n) is 2.80. The van der Waals surface area contributed by atoms with Crippen molar-refractivity contribution in [3.63, 3.8) is 0 Å². The summed E-state index contributed by atoms with van der Waals surface area (Å²) in [5, 5.41) is 3.46. The Morgan fingerprint density at radius 3 is 2.62 bits per heavy atom. The van der Waals surface area contributed by atoms with Crippen LogP contribution < -0.4 is 5.73 Å². The van der Waals surface area contributed by atoms with E-state index < -0.39 is 0 Å². The average Bonchev–Trinajstić information content (AvgIpc) is 2.15. The van der Waals surface area contributed by atoms with E-state index in [4.69, 9.17) is 11.3 Å². The third-order valence-electron chi connectivity index (χ3n) is 1.77. The maximum atomic E-state index is 8.04. The Morgan fingerprint density at radius 1 is 1.31 bits per heavy atom. The van der Waals surface area contributed by atoms with Crippen molar-refractivity contribution in [3.05, 3.63) is 40.3 Å². The highest BCUT2D eigenvalue weighted by atomic mass is 15.1. The van der Waals surface area contributed by atoms with Crippen LogP contribution in [0.1, 0.15) is 12.0 Å². The summed E-state index contributed by atoms with van der Waals surface area (Å²) in [5.41, 5.74) is 15.6. The molecule has 0 fully saturated rings. The molecule has 0 unspecified atom stereocenters. The van der Waals surface area contributed by atoms with Gasteiger partial charge >= 0.3 is 0 Å². The molecule has 0 spiro atoms. The zero-order valence-corrected chi connectivity index (χ0v) is 7.35. The fourth-order valence-electron chi connectivity index (χ4n) is 1.08. The van der Waals surface area contributed by atoms with Crippen molar-refractivity contribution < 1.29 is 0 Å². The minimum absolute atomic E-state index is 0.556. The van der Waals surface area contributed by atoms with Crippen LogP contribution in [0.25, 0.3) is 10.4 Å². The molecule has 0 aliphatic carbocycles. The second kappa shape index (κ2) is 5.06. The van der Waals surface area contributed by atoms with Crippen molar-refractivity contribution in [1.29, 1.82) is 0 Å². The molecule has 2 N–H and O–H groups in total. The van der Waals surface area contributed by atoms with Crippen LogP contribution in [-0.4, -0.2) is 6.54 Å². The maximum absolute atomic E-state index is 8.04. The highest BCUT2D eigenvalue weighted by Gasteiger charge is 1.91. The number of benzene rings is 1. The third kappa shape index (κ3) is 3.49. The molecule has 0 radical (unpaired) electrons. The molecule has 13 heavy (non-hydrogen) atoms. The predicted molar refractivity (Wildman–Crippen MR) is 53.2 cm³/mol. The molecule has 0 atom stereocenters. The lowest BCUT2D eigenvalue weighted by atomic mass is 10.1. The van der Waals surface area contributed by atoms with E-state index in [0.29, 0.717) is 6.54 Å². The van der Waals surface area contributed by atoms with Crippen LogP contribution in [0, 0.1) is 0 Å². The number of azide groups is 1.